The molecule has 80 valence electrons. The third kappa shape index (κ3) is 1.62. The summed E-state index contributed by atoms with van der Waals surface area (Å²) in [6.07, 6.45) is 0.663. The highest BCUT2D eigenvalue weighted by molar-refractivity contribution is 6.60. The topological polar surface area (TPSA) is 57.5 Å². The predicted molar refractivity (Wildman–Crippen MR) is 63.9 cm³/mol. The van der Waals surface area contributed by atoms with Crippen molar-refractivity contribution in [2.75, 3.05) is 0 Å². The van der Waals surface area contributed by atoms with Crippen molar-refractivity contribution >= 4 is 29.6 Å². The van der Waals surface area contributed by atoms with Crippen molar-refractivity contribution in [2.45, 2.75) is 6.92 Å². The van der Waals surface area contributed by atoms with Gasteiger partial charge < -0.3 is 10.0 Å². The number of aldehydes is 1. The normalized spacial score (nSPS) is 10.4. The monoisotopic (exact) mass is 214 g/mol. The minimum atomic E-state index is -1.62. The Hall–Kier alpha value is -1.65. The molecule has 2 rings (SSSR count). The van der Waals surface area contributed by atoms with Crippen molar-refractivity contribution in [1.82, 2.24) is 0 Å². The van der Waals surface area contributed by atoms with Crippen LogP contribution in [-0.2, 0) is 0 Å². The first-order valence-corrected chi connectivity index (χ1v) is 4.98. The second-order valence-corrected chi connectivity index (χ2v) is 3.73. The largest absolute Gasteiger partial charge is 0.489 e. The van der Waals surface area contributed by atoms with E-state index in [1.54, 1.807) is 12.1 Å². The predicted octanol–water partition coefficient (Wildman–Crippen LogP) is 0.641. The Bertz CT molecular complexity index is 549. The summed E-state index contributed by atoms with van der Waals surface area (Å²) in [7, 11) is -1.62. The number of fused-ring (bicyclic) bond motifs is 1. The number of hydrogen-bond acceptors (Lipinski definition) is 3. The number of hydrogen-bond donors (Lipinski definition) is 2. The van der Waals surface area contributed by atoms with Gasteiger partial charge in [0.05, 0.1) is 0 Å². The zero-order valence-corrected chi connectivity index (χ0v) is 8.84. The van der Waals surface area contributed by atoms with Crippen molar-refractivity contribution in [1.29, 1.82) is 0 Å². The van der Waals surface area contributed by atoms with E-state index in [0.29, 0.717) is 11.8 Å². The molecule has 0 saturated heterocycles. The van der Waals surface area contributed by atoms with Crippen LogP contribution in [-0.4, -0.2) is 23.5 Å². The quantitative estimate of drug-likeness (QED) is 0.569. The average Bonchev–Trinajstić information content (AvgIpc) is 2.29. The fourth-order valence-electron chi connectivity index (χ4n) is 1.95. The minimum Gasteiger partial charge on any atom is -0.423 e. The molecule has 3 nitrogen and oxygen atoms in total. The van der Waals surface area contributed by atoms with Gasteiger partial charge in [-0.25, -0.2) is 0 Å². The van der Waals surface area contributed by atoms with E-state index in [2.05, 4.69) is 0 Å². The molecule has 0 fully saturated rings. The van der Waals surface area contributed by atoms with Crippen LogP contribution in [0.25, 0.3) is 10.8 Å². The van der Waals surface area contributed by atoms with Gasteiger partial charge in [-0.3, -0.25) is 4.79 Å². The first kappa shape index (κ1) is 10.9. The smallest absolute Gasteiger partial charge is 0.423 e. The van der Waals surface area contributed by atoms with Gasteiger partial charge in [0.25, 0.3) is 0 Å². The second-order valence-electron chi connectivity index (χ2n) is 3.73. The molecule has 0 spiro atoms. The molecule has 0 radical (unpaired) electrons. The van der Waals surface area contributed by atoms with Gasteiger partial charge in [-0.2, -0.15) is 0 Å². The van der Waals surface area contributed by atoms with Crippen LogP contribution in [0.3, 0.4) is 0 Å². The van der Waals surface area contributed by atoms with Crippen molar-refractivity contribution in [3.63, 3.8) is 0 Å². The highest BCUT2D eigenvalue weighted by Gasteiger charge is 2.18. The molecule has 4 heteroatoms. The summed E-state index contributed by atoms with van der Waals surface area (Å²) >= 11 is 0. The van der Waals surface area contributed by atoms with Gasteiger partial charge in [0.1, 0.15) is 6.29 Å². The molecule has 16 heavy (non-hydrogen) atoms. The molecule has 0 atom stereocenters. The molecular formula is C12H11BO3. The molecule has 2 aromatic rings. The van der Waals surface area contributed by atoms with Gasteiger partial charge in [-0.05, 0) is 28.7 Å². The molecule has 0 saturated carbocycles. The van der Waals surface area contributed by atoms with Crippen molar-refractivity contribution < 1.29 is 14.8 Å². The molecule has 0 heterocycles. The maximum atomic E-state index is 11.0. The second kappa shape index (κ2) is 4.08. The van der Waals surface area contributed by atoms with Gasteiger partial charge in [0.15, 0.2) is 0 Å². The summed E-state index contributed by atoms with van der Waals surface area (Å²) in [5.74, 6) is 0. The summed E-state index contributed by atoms with van der Waals surface area (Å²) in [6.45, 7) is 1.88. The Morgan fingerprint density at radius 3 is 2.38 bits per heavy atom. The van der Waals surface area contributed by atoms with E-state index in [1.165, 1.54) is 0 Å². The molecule has 0 aliphatic heterocycles. The summed E-state index contributed by atoms with van der Waals surface area (Å²) < 4.78 is 0. The summed E-state index contributed by atoms with van der Waals surface area (Å²) in [6, 6.07) is 9.06. The van der Waals surface area contributed by atoms with Gasteiger partial charge >= 0.3 is 7.12 Å². The molecule has 0 aliphatic carbocycles. The lowest BCUT2D eigenvalue weighted by molar-refractivity contribution is 0.112. The number of aryl methyl sites for hydroxylation is 1. The van der Waals surface area contributed by atoms with Gasteiger partial charge in [0.2, 0.25) is 0 Å². The van der Waals surface area contributed by atoms with Gasteiger partial charge in [0, 0.05) is 5.56 Å². The third-order valence-corrected chi connectivity index (χ3v) is 2.72. The van der Waals surface area contributed by atoms with Crippen LogP contribution in [0.1, 0.15) is 15.9 Å². The van der Waals surface area contributed by atoms with E-state index in [-0.39, 0.29) is 5.46 Å². The minimum absolute atomic E-state index is 0.256. The SMILES string of the molecule is Cc1cc(B(O)O)c(C=O)c2ccccc12. The number of carbonyl (C=O) groups excluding carboxylic acids is 1. The van der Waals surface area contributed by atoms with Crippen molar-refractivity contribution in [2.24, 2.45) is 0 Å². The summed E-state index contributed by atoms with van der Waals surface area (Å²) in [5.41, 5.74) is 1.52. The van der Waals surface area contributed by atoms with E-state index in [4.69, 9.17) is 0 Å². The maximum absolute atomic E-state index is 11.0. The van der Waals surface area contributed by atoms with E-state index < -0.39 is 7.12 Å². The molecule has 0 bridgehead atoms. The highest BCUT2D eigenvalue weighted by Crippen LogP contribution is 2.20. The Kier molecular flexibility index (Phi) is 2.77. The van der Waals surface area contributed by atoms with Gasteiger partial charge in [-0.1, -0.05) is 30.3 Å². The maximum Gasteiger partial charge on any atom is 0.489 e. The lowest BCUT2D eigenvalue weighted by Gasteiger charge is -2.10. The van der Waals surface area contributed by atoms with E-state index in [9.17, 15) is 14.8 Å². The Morgan fingerprint density at radius 1 is 1.19 bits per heavy atom. The van der Waals surface area contributed by atoms with Crippen molar-refractivity contribution in [3.05, 3.63) is 41.5 Å². The lowest BCUT2D eigenvalue weighted by Crippen LogP contribution is -2.33. The van der Waals surface area contributed by atoms with E-state index in [0.717, 1.165) is 16.3 Å². The molecule has 0 unspecified atom stereocenters. The lowest BCUT2D eigenvalue weighted by atomic mass is 9.75. The van der Waals surface area contributed by atoms with Crippen LogP contribution >= 0.6 is 0 Å². The highest BCUT2D eigenvalue weighted by atomic mass is 16.4. The molecule has 0 amide bonds. The summed E-state index contributed by atoms with van der Waals surface area (Å²) in [4.78, 5) is 11.0. The molecule has 0 aromatic heterocycles. The van der Waals surface area contributed by atoms with Crippen LogP contribution in [0.15, 0.2) is 30.3 Å². The Labute approximate surface area is 93.5 Å². The number of rotatable bonds is 2. The van der Waals surface area contributed by atoms with Crippen LogP contribution in [0.5, 0.6) is 0 Å². The van der Waals surface area contributed by atoms with Crippen LogP contribution in [0.2, 0.25) is 0 Å². The summed E-state index contributed by atoms with van der Waals surface area (Å²) in [5, 5.41) is 20.1. The molecular weight excluding hydrogens is 203 g/mol. The fourth-order valence-corrected chi connectivity index (χ4v) is 1.95. The molecule has 2 aromatic carbocycles. The first-order chi connectivity index (χ1) is 7.65. The molecule has 0 aliphatic rings. The Morgan fingerprint density at radius 2 is 1.81 bits per heavy atom. The third-order valence-electron chi connectivity index (χ3n) is 2.72. The van der Waals surface area contributed by atoms with Crippen LogP contribution in [0, 0.1) is 6.92 Å². The number of carbonyl (C=O) groups is 1. The first-order valence-electron chi connectivity index (χ1n) is 4.98. The van der Waals surface area contributed by atoms with Crippen molar-refractivity contribution in [3.8, 4) is 0 Å². The zero-order valence-electron chi connectivity index (χ0n) is 8.84. The van der Waals surface area contributed by atoms with Gasteiger partial charge in [-0.15, -0.1) is 0 Å². The Balaban J connectivity index is 2.90. The van der Waals surface area contributed by atoms with E-state index >= 15 is 0 Å². The van der Waals surface area contributed by atoms with Crippen LogP contribution < -0.4 is 5.46 Å². The van der Waals surface area contributed by atoms with E-state index in [1.807, 2.05) is 25.1 Å². The average molecular weight is 214 g/mol. The fraction of sp³-hybridized carbons (Fsp3) is 0.0833. The zero-order chi connectivity index (χ0) is 11.7. The number of benzene rings is 2. The molecule has 2 N–H and O–H groups in total. The van der Waals surface area contributed by atoms with Crippen LogP contribution in [0.4, 0.5) is 0 Å². The standard InChI is InChI=1S/C12H11BO3/c1-8-6-12(13(15)16)11(7-14)10-5-3-2-4-9(8)10/h2-7,15-16H,1H3.